The Kier molecular flexibility index (Phi) is 5.02. The molecular formula is C22H35N2P2S4-. The van der Waals surface area contributed by atoms with E-state index >= 15 is 0 Å². The van der Waals surface area contributed by atoms with Gasteiger partial charge in [-0.25, -0.2) is 0 Å². The molecule has 168 valence electrons. The summed E-state index contributed by atoms with van der Waals surface area (Å²) in [5, 5.41) is 4.05. The van der Waals surface area contributed by atoms with Crippen LogP contribution in [0.5, 0.6) is 0 Å². The van der Waals surface area contributed by atoms with Crippen LogP contribution in [0.4, 0.5) is 0 Å². The van der Waals surface area contributed by atoms with Gasteiger partial charge in [-0.1, -0.05) is 11.8 Å². The highest BCUT2D eigenvalue weighted by Gasteiger charge is 2.59. The molecule has 8 aliphatic carbocycles. The van der Waals surface area contributed by atoms with Gasteiger partial charge in [0, 0.05) is 17.7 Å². The minimum Gasteiger partial charge on any atom is -0.714 e. The van der Waals surface area contributed by atoms with Crippen molar-refractivity contribution < 1.29 is 0 Å². The van der Waals surface area contributed by atoms with E-state index in [9.17, 15) is 0 Å². The van der Waals surface area contributed by atoms with Crippen molar-refractivity contribution in [1.29, 1.82) is 0 Å². The molecule has 0 aromatic carbocycles. The zero-order valence-corrected chi connectivity index (χ0v) is 22.9. The van der Waals surface area contributed by atoms with Crippen molar-refractivity contribution in [2.75, 3.05) is 13.1 Å². The topological polar surface area (TPSA) is 15.3 Å². The monoisotopic (exact) mass is 517 g/mol. The van der Waals surface area contributed by atoms with E-state index in [1.807, 2.05) is 11.0 Å². The van der Waals surface area contributed by atoms with E-state index in [1.165, 1.54) is 77.0 Å². The molecule has 0 aromatic rings. The molecule has 2 nitrogen and oxygen atoms in total. The van der Waals surface area contributed by atoms with Crippen molar-refractivity contribution >= 4 is 57.9 Å². The molecule has 1 heterocycles. The average Bonchev–Trinajstić information content (AvgIpc) is 2.62. The SMILES string of the molecule is S=P1([S-])S[P+]([S-])(NCC23CC4CC(CC(C4)C2)C3)N1CC12CC3CC(CC(C3)C1)C2. The molecular weight excluding hydrogens is 482 g/mol. The lowest BCUT2D eigenvalue weighted by Crippen LogP contribution is -2.53. The third-order valence-corrected chi connectivity index (χ3v) is 30.4. The van der Waals surface area contributed by atoms with Gasteiger partial charge in [-0.3, -0.25) is 0 Å². The van der Waals surface area contributed by atoms with Crippen molar-refractivity contribution in [2.45, 2.75) is 77.0 Å². The first-order valence-electron chi connectivity index (χ1n) is 12.4. The van der Waals surface area contributed by atoms with Crippen molar-refractivity contribution in [3.63, 3.8) is 0 Å². The van der Waals surface area contributed by atoms with Crippen LogP contribution >= 0.6 is 21.6 Å². The standard InChI is InChI=1S/C22H36N2P2S4/c27-25(23-13-21-7-15-1-16(8-21)3-17(2-15)9-21)24(26(28,29)30-25)14-22-10-18-4-19(11-22)6-20(5-18)12-22/h15-20H,1-14H2,(H,23,27)(H,28,29)/p-1. The number of rotatable bonds is 5. The van der Waals surface area contributed by atoms with Gasteiger partial charge in [0.15, 0.2) is 0 Å². The number of nitrogens with one attached hydrogen (secondary N) is 1. The van der Waals surface area contributed by atoms with E-state index in [2.05, 4.69) is 9.53 Å². The van der Waals surface area contributed by atoms with Gasteiger partial charge in [-0.2, -0.15) is 9.53 Å². The molecule has 0 radical (unpaired) electrons. The Morgan fingerprint density at radius 1 is 0.833 bits per heavy atom. The van der Waals surface area contributed by atoms with Crippen molar-refractivity contribution in [1.82, 2.24) is 9.53 Å². The van der Waals surface area contributed by atoms with Crippen LogP contribution in [0.2, 0.25) is 0 Å². The first kappa shape index (κ1) is 21.3. The fraction of sp³-hybridized carbons (Fsp3) is 1.00. The molecule has 9 aliphatic rings. The van der Waals surface area contributed by atoms with Gasteiger partial charge in [-0.15, -0.1) is 0 Å². The van der Waals surface area contributed by atoms with Gasteiger partial charge in [0.05, 0.1) is 17.0 Å². The molecule has 8 saturated carbocycles. The third-order valence-electron chi connectivity index (χ3n) is 10.3. The molecule has 0 amide bonds. The average molecular weight is 518 g/mol. The molecule has 30 heavy (non-hydrogen) atoms. The van der Waals surface area contributed by atoms with Crippen LogP contribution < -0.4 is 5.09 Å². The van der Waals surface area contributed by atoms with Crippen molar-refractivity contribution in [3.05, 3.63) is 0 Å². The summed E-state index contributed by atoms with van der Waals surface area (Å²) in [6.07, 6.45) is 17.8. The maximum atomic E-state index is 6.39. The van der Waals surface area contributed by atoms with Gasteiger partial charge in [0.1, 0.15) is 0 Å². The van der Waals surface area contributed by atoms with Gasteiger partial charge < -0.3 is 24.5 Å². The van der Waals surface area contributed by atoms with Gasteiger partial charge in [0.2, 0.25) is 0 Å². The summed E-state index contributed by atoms with van der Waals surface area (Å²) >= 11 is 20.3. The minimum absolute atomic E-state index is 0.505. The molecule has 0 aromatic heterocycles. The second-order valence-electron chi connectivity index (χ2n) is 12.8. The lowest BCUT2D eigenvalue weighted by atomic mass is 9.49. The highest BCUT2D eigenvalue weighted by molar-refractivity contribution is 9.20. The lowest BCUT2D eigenvalue weighted by molar-refractivity contribution is -0.0547. The predicted molar refractivity (Wildman–Crippen MR) is 139 cm³/mol. The van der Waals surface area contributed by atoms with Crippen molar-refractivity contribution in [2.24, 2.45) is 46.3 Å². The van der Waals surface area contributed by atoms with Crippen LogP contribution in [0.15, 0.2) is 0 Å². The highest BCUT2D eigenvalue weighted by atomic mass is 33.5. The molecule has 1 saturated heterocycles. The van der Waals surface area contributed by atoms with E-state index in [1.54, 1.807) is 0 Å². The molecule has 9 rings (SSSR count). The second kappa shape index (κ2) is 7.05. The third kappa shape index (κ3) is 3.42. The Balaban J connectivity index is 1.08. The molecule has 8 bridgehead atoms. The van der Waals surface area contributed by atoms with Crippen LogP contribution in [0.3, 0.4) is 0 Å². The Hall–Kier alpha value is 2.05. The number of nitrogens with zero attached hydrogens (tertiary/aromatic N) is 1. The first-order valence-corrected chi connectivity index (χ1v) is 20.9. The van der Waals surface area contributed by atoms with Gasteiger partial charge in [0.25, 0.3) is 0 Å². The minimum atomic E-state index is -1.87. The highest BCUT2D eigenvalue weighted by Crippen LogP contribution is 2.99. The van der Waals surface area contributed by atoms with Crippen molar-refractivity contribution in [3.8, 4) is 0 Å². The Labute approximate surface area is 202 Å². The molecule has 1 N–H and O–H groups in total. The summed E-state index contributed by atoms with van der Waals surface area (Å²) in [5.74, 6) is 4.22. The summed E-state index contributed by atoms with van der Waals surface area (Å²) in [6.45, 7) is 2.30. The Bertz CT molecular complexity index is 735. The van der Waals surface area contributed by atoms with E-state index in [4.69, 9.17) is 36.3 Å². The molecule has 2 atom stereocenters. The van der Waals surface area contributed by atoms with Crippen LogP contribution in [0.1, 0.15) is 77.0 Å². The second-order valence-corrected chi connectivity index (χ2v) is 29.2. The summed E-state index contributed by atoms with van der Waals surface area (Å²) in [5.41, 5.74) is 1.05. The quantitative estimate of drug-likeness (QED) is 0.308. The molecule has 9 fully saturated rings. The summed E-state index contributed by atoms with van der Waals surface area (Å²) < 4.78 is 0.722. The maximum Gasteiger partial charge on any atom is 0.0986 e. The summed E-state index contributed by atoms with van der Waals surface area (Å²) in [4.78, 5) is 0. The molecule has 2 unspecified atom stereocenters. The molecule has 8 heteroatoms. The Morgan fingerprint density at radius 2 is 1.23 bits per heavy atom. The predicted octanol–water partition coefficient (Wildman–Crippen LogP) is 7.05. The molecule has 1 aliphatic heterocycles. The van der Waals surface area contributed by atoms with E-state index in [-0.39, 0.29) is 0 Å². The van der Waals surface area contributed by atoms with E-state index in [0.29, 0.717) is 10.8 Å². The largest absolute Gasteiger partial charge is 0.714 e. The van der Waals surface area contributed by atoms with E-state index < -0.39 is 10.6 Å². The first-order chi connectivity index (χ1) is 14.2. The maximum absolute atomic E-state index is 6.39. The fourth-order valence-corrected chi connectivity index (χ4v) is 37.0. The smallest absolute Gasteiger partial charge is 0.0986 e. The van der Waals surface area contributed by atoms with E-state index in [0.717, 1.165) is 48.6 Å². The molecule has 0 spiro atoms. The van der Waals surface area contributed by atoms with Crippen LogP contribution in [-0.4, -0.2) is 17.5 Å². The fourth-order valence-electron chi connectivity index (χ4n) is 10.2. The number of hydrogen-bond acceptors (Lipinski definition) is 5. The van der Waals surface area contributed by atoms with Crippen LogP contribution in [-0.2, 0) is 36.3 Å². The van der Waals surface area contributed by atoms with Gasteiger partial charge in [-0.05, 0) is 123 Å². The van der Waals surface area contributed by atoms with Crippen LogP contribution in [0, 0.1) is 46.3 Å². The lowest BCUT2D eigenvalue weighted by Gasteiger charge is -2.65. The summed E-state index contributed by atoms with van der Waals surface area (Å²) in [6, 6.07) is 0. The Morgan fingerprint density at radius 3 is 1.63 bits per heavy atom. The normalized spacial score (nSPS) is 60.9. The van der Waals surface area contributed by atoms with Gasteiger partial charge >= 0.3 is 0 Å². The summed E-state index contributed by atoms with van der Waals surface area (Å²) in [7, 11) is 0. The zero-order chi connectivity index (χ0) is 20.4. The van der Waals surface area contributed by atoms with Crippen LogP contribution in [0.25, 0.3) is 0 Å². The number of hydrogen-bond donors (Lipinski definition) is 1. The zero-order valence-electron chi connectivity index (χ0n) is 17.8.